The number of nitrogens with zero attached hydrogens (tertiary/aromatic N) is 4. The molecule has 1 fully saturated rings. The van der Waals surface area contributed by atoms with Gasteiger partial charge in [-0.2, -0.15) is 4.98 Å². The second kappa shape index (κ2) is 4.88. The highest BCUT2D eigenvalue weighted by Gasteiger charge is 2.43. The van der Waals surface area contributed by atoms with E-state index in [0.29, 0.717) is 17.1 Å². The normalized spacial score (nSPS) is 15.6. The van der Waals surface area contributed by atoms with Crippen LogP contribution >= 0.6 is 0 Å². The molecule has 2 heterocycles. The molecule has 0 unspecified atom stereocenters. The van der Waals surface area contributed by atoms with Crippen molar-refractivity contribution in [2.75, 3.05) is 0 Å². The van der Waals surface area contributed by atoms with Gasteiger partial charge in [-0.3, -0.25) is 0 Å². The van der Waals surface area contributed by atoms with Gasteiger partial charge in [0, 0.05) is 11.8 Å². The second-order valence-corrected chi connectivity index (χ2v) is 5.47. The van der Waals surface area contributed by atoms with Gasteiger partial charge >= 0.3 is 0 Å². The van der Waals surface area contributed by atoms with Crippen molar-refractivity contribution in [2.24, 2.45) is 5.73 Å². The van der Waals surface area contributed by atoms with Gasteiger partial charge in [0.15, 0.2) is 11.6 Å². The van der Waals surface area contributed by atoms with Crippen molar-refractivity contribution in [3.05, 3.63) is 47.9 Å². The van der Waals surface area contributed by atoms with Gasteiger partial charge in [0.25, 0.3) is 5.89 Å². The highest BCUT2D eigenvalue weighted by Crippen LogP contribution is 2.40. The molecule has 0 bridgehead atoms. The molecule has 1 saturated carbocycles. The maximum absolute atomic E-state index is 13.3. The quantitative estimate of drug-likeness (QED) is 0.798. The van der Waals surface area contributed by atoms with Crippen LogP contribution in [0.1, 0.15) is 18.7 Å². The van der Waals surface area contributed by atoms with E-state index in [4.69, 9.17) is 10.3 Å². The van der Waals surface area contributed by atoms with Gasteiger partial charge in [-0.05, 0) is 37.1 Å². The molecule has 0 aliphatic heterocycles. The Morgan fingerprint density at radius 3 is 2.65 bits per heavy atom. The van der Waals surface area contributed by atoms with Crippen molar-refractivity contribution >= 4 is 0 Å². The Morgan fingerprint density at radius 2 is 1.91 bits per heavy atom. The van der Waals surface area contributed by atoms with Crippen LogP contribution in [0.3, 0.4) is 0 Å². The molecule has 1 aliphatic carbocycles. The molecular formula is C15H11F2N5O. The minimum atomic E-state index is -0.975. The minimum Gasteiger partial charge on any atom is -0.332 e. The van der Waals surface area contributed by atoms with Crippen molar-refractivity contribution in [2.45, 2.75) is 18.4 Å². The largest absolute Gasteiger partial charge is 0.332 e. The number of nitrogens with two attached hydrogens (primary N) is 1. The molecule has 0 spiro atoms. The van der Waals surface area contributed by atoms with E-state index in [1.807, 2.05) is 0 Å². The average Bonchev–Trinajstić information content (AvgIpc) is 3.13. The summed E-state index contributed by atoms with van der Waals surface area (Å²) in [6.07, 6.45) is 3.24. The van der Waals surface area contributed by atoms with E-state index in [1.54, 1.807) is 12.3 Å². The van der Waals surface area contributed by atoms with Gasteiger partial charge in [-0.1, -0.05) is 5.16 Å². The number of aromatic nitrogens is 4. The molecule has 1 aliphatic rings. The summed E-state index contributed by atoms with van der Waals surface area (Å²) in [5, 5.41) is 3.77. The predicted octanol–water partition coefficient (Wildman–Crippen LogP) is 2.42. The van der Waals surface area contributed by atoms with E-state index in [0.717, 1.165) is 25.0 Å². The lowest BCUT2D eigenvalue weighted by Gasteiger charge is -2.06. The molecule has 0 atom stereocenters. The fraction of sp³-hybridized carbons (Fsp3) is 0.200. The van der Waals surface area contributed by atoms with Crippen molar-refractivity contribution in [1.82, 2.24) is 20.1 Å². The summed E-state index contributed by atoms with van der Waals surface area (Å²) in [5.74, 6) is -1.07. The average molecular weight is 315 g/mol. The smallest absolute Gasteiger partial charge is 0.276 e. The summed E-state index contributed by atoms with van der Waals surface area (Å²) in [7, 11) is 0. The molecule has 2 aromatic heterocycles. The molecule has 116 valence electrons. The van der Waals surface area contributed by atoms with Crippen LogP contribution in [0, 0.1) is 11.6 Å². The summed E-state index contributed by atoms with van der Waals surface area (Å²) < 4.78 is 31.4. The van der Waals surface area contributed by atoms with E-state index in [1.165, 1.54) is 6.07 Å². The van der Waals surface area contributed by atoms with Crippen LogP contribution in [-0.4, -0.2) is 20.1 Å². The number of benzene rings is 1. The molecular weight excluding hydrogens is 304 g/mol. The van der Waals surface area contributed by atoms with Crippen LogP contribution in [0.15, 0.2) is 35.0 Å². The second-order valence-electron chi connectivity index (χ2n) is 5.47. The van der Waals surface area contributed by atoms with E-state index in [2.05, 4.69) is 20.1 Å². The number of hydrogen-bond acceptors (Lipinski definition) is 6. The Kier molecular flexibility index (Phi) is 2.95. The molecule has 3 aromatic rings. The van der Waals surface area contributed by atoms with Gasteiger partial charge in [-0.15, -0.1) is 0 Å². The third kappa shape index (κ3) is 2.46. The first kappa shape index (κ1) is 13.9. The third-order valence-corrected chi connectivity index (χ3v) is 3.71. The summed E-state index contributed by atoms with van der Waals surface area (Å²) in [6, 6.07) is 5.01. The van der Waals surface area contributed by atoms with Crippen LogP contribution in [0.25, 0.3) is 23.0 Å². The fourth-order valence-corrected chi connectivity index (χ4v) is 2.16. The Bertz CT molecular complexity index is 891. The maximum atomic E-state index is 13.3. The molecule has 2 N–H and O–H groups in total. The Balaban J connectivity index is 1.69. The Hall–Kier alpha value is -2.74. The lowest BCUT2D eigenvalue weighted by Crippen LogP contribution is -2.22. The first-order chi connectivity index (χ1) is 11.0. The first-order valence-electron chi connectivity index (χ1n) is 6.97. The third-order valence-electron chi connectivity index (χ3n) is 3.71. The fourth-order valence-electron chi connectivity index (χ4n) is 2.16. The molecule has 8 heteroatoms. The molecule has 0 radical (unpaired) electrons. The van der Waals surface area contributed by atoms with Gasteiger partial charge in [0.2, 0.25) is 5.82 Å². The number of rotatable bonds is 3. The van der Waals surface area contributed by atoms with Crippen molar-refractivity contribution in [3.8, 4) is 23.0 Å². The van der Waals surface area contributed by atoms with E-state index in [9.17, 15) is 8.78 Å². The molecule has 6 nitrogen and oxygen atoms in total. The zero-order chi connectivity index (χ0) is 16.0. The lowest BCUT2D eigenvalue weighted by atomic mass is 10.2. The van der Waals surface area contributed by atoms with Crippen LogP contribution in [0.2, 0.25) is 0 Å². The van der Waals surface area contributed by atoms with E-state index < -0.39 is 17.2 Å². The van der Waals surface area contributed by atoms with Crippen molar-refractivity contribution in [1.29, 1.82) is 0 Å². The molecule has 0 amide bonds. The number of halogens is 2. The monoisotopic (exact) mass is 315 g/mol. The van der Waals surface area contributed by atoms with Crippen LogP contribution in [0.5, 0.6) is 0 Å². The van der Waals surface area contributed by atoms with Crippen LogP contribution in [0.4, 0.5) is 8.78 Å². The topological polar surface area (TPSA) is 90.7 Å². The summed E-state index contributed by atoms with van der Waals surface area (Å²) in [5.41, 5.74) is 6.35. The maximum Gasteiger partial charge on any atom is 0.276 e. The van der Waals surface area contributed by atoms with Gasteiger partial charge in [-0.25, -0.2) is 18.7 Å². The van der Waals surface area contributed by atoms with Crippen LogP contribution in [-0.2, 0) is 5.54 Å². The highest BCUT2D eigenvalue weighted by molar-refractivity contribution is 5.57. The summed E-state index contributed by atoms with van der Waals surface area (Å²) >= 11 is 0. The summed E-state index contributed by atoms with van der Waals surface area (Å²) in [4.78, 5) is 12.7. The van der Waals surface area contributed by atoms with Crippen LogP contribution < -0.4 is 5.73 Å². The van der Waals surface area contributed by atoms with Gasteiger partial charge in [0.05, 0.1) is 5.54 Å². The highest BCUT2D eigenvalue weighted by atomic mass is 19.2. The number of hydrogen-bond donors (Lipinski definition) is 1. The van der Waals surface area contributed by atoms with E-state index >= 15 is 0 Å². The molecule has 1 aromatic carbocycles. The SMILES string of the molecule is NC1(c2nccc(-c3nc(-c4ccc(F)c(F)c4)no3)n2)CC1. The lowest BCUT2D eigenvalue weighted by molar-refractivity contribution is 0.430. The minimum absolute atomic E-state index is 0.146. The molecule has 4 rings (SSSR count). The van der Waals surface area contributed by atoms with E-state index in [-0.39, 0.29) is 11.7 Å². The van der Waals surface area contributed by atoms with Crippen molar-refractivity contribution in [3.63, 3.8) is 0 Å². The first-order valence-corrected chi connectivity index (χ1v) is 6.97. The summed E-state index contributed by atoms with van der Waals surface area (Å²) in [6.45, 7) is 0. The zero-order valence-corrected chi connectivity index (χ0v) is 11.8. The molecule has 23 heavy (non-hydrogen) atoms. The Labute approximate surface area is 129 Å². The predicted molar refractivity (Wildman–Crippen MR) is 75.8 cm³/mol. The van der Waals surface area contributed by atoms with Gasteiger partial charge in [0.1, 0.15) is 11.5 Å². The Morgan fingerprint density at radius 1 is 1.09 bits per heavy atom. The van der Waals surface area contributed by atoms with Gasteiger partial charge < -0.3 is 10.3 Å². The zero-order valence-electron chi connectivity index (χ0n) is 11.8. The van der Waals surface area contributed by atoms with Crippen molar-refractivity contribution < 1.29 is 13.3 Å². The standard InChI is InChI=1S/C15H11F2N5O/c16-9-2-1-8(7-10(9)17)12-21-13(23-22-12)11-3-6-19-14(20-11)15(18)4-5-15/h1-3,6-7H,4-5,18H2. The molecule has 0 saturated heterocycles.